The average molecular weight is 297 g/mol. The van der Waals surface area contributed by atoms with Crippen LogP contribution in [0.15, 0.2) is 47.3 Å². The molecule has 1 atom stereocenters. The lowest BCUT2D eigenvalue weighted by atomic mass is 10.1. The topological polar surface area (TPSA) is 55.2 Å². The van der Waals surface area contributed by atoms with Crippen molar-refractivity contribution in [1.29, 1.82) is 0 Å². The Kier molecular flexibility index (Phi) is 4.04. The van der Waals surface area contributed by atoms with Gasteiger partial charge in [-0.1, -0.05) is 30.3 Å². The maximum absolute atomic E-state index is 12.5. The van der Waals surface area contributed by atoms with Gasteiger partial charge in [0.15, 0.2) is 0 Å². The number of rotatable bonds is 3. The van der Waals surface area contributed by atoms with Gasteiger partial charge in [-0.05, 0) is 25.8 Å². The Hall–Kier alpha value is -2.43. The van der Waals surface area contributed by atoms with Gasteiger partial charge >= 0.3 is 0 Å². The van der Waals surface area contributed by atoms with Gasteiger partial charge in [0.05, 0.1) is 5.69 Å². The molecule has 0 aliphatic carbocycles. The van der Waals surface area contributed by atoms with E-state index in [1.807, 2.05) is 35.2 Å². The second-order valence-electron chi connectivity index (χ2n) is 5.58. The van der Waals surface area contributed by atoms with Gasteiger partial charge in [-0.15, -0.1) is 0 Å². The zero-order chi connectivity index (χ0) is 15.5. The smallest absolute Gasteiger partial charge is 0.267 e. The van der Waals surface area contributed by atoms with E-state index < -0.39 is 6.04 Å². The zero-order valence-electron chi connectivity index (χ0n) is 12.6. The molecule has 22 heavy (non-hydrogen) atoms. The first kappa shape index (κ1) is 14.5. The van der Waals surface area contributed by atoms with Crippen molar-refractivity contribution >= 4 is 5.91 Å². The minimum atomic E-state index is -0.575. The predicted molar refractivity (Wildman–Crippen MR) is 84.5 cm³/mol. The van der Waals surface area contributed by atoms with E-state index in [0.717, 1.165) is 31.5 Å². The van der Waals surface area contributed by atoms with Gasteiger partial charge < -0.3 is 4.90 Å². The van der Waals surface area contributed by atoms with Crippen molar-refractivity contribution in [3.8, 4) is 11.3 Å². The second kappa shape index (κ2) is 6.13. The molecule has 1 unspecified atom stereocenters. The lowest BCUT2D eigenvalue weighted by Gasteiger charge is -2.21. The van der Waals surface area contributed by atoms with Crippen molar-refractivity contribution in [2.75, 3.05) is 13.1 Å². The Morgan fingerprint density at radius 3 is 2.45 bits per heavy atom. The van der Waals surface area contributed by atoms with Crippen molar-refractivity contribution in [2.24, 2.45) is 0 Å². The summed E-state index contributed by atoms with van der Waals surface area (Å²) in [5.41, 5.74) is 1.37. The summed E-state index contributed by atoms with van der Waals surface area (Å²) in [6.45, 7) is 3.29. The van der Waals surface area contributed by atoms with Gasteiger partial charge in [-0.25, -0.2) is 4.68 Å². The van der Waals surface area contributed by atoms with E-state index in [-0.39, 0.29) is 11.5 Å². The maximum atomic E-state index is 12.5. The van der Waals surface area contributed by atoms with E-state index in [2.05, 4.69) is 5.10 Å². The molecule has 3 rings (SSSR count). The molecule has 1 aromatic carbocycles. The number of nitrogens with zero attached hydrogens (tertiary/aromatic N) is 3. The molecule has 1 fully saturated rings. The Bertz CT molecular complexity index is 718. The SMILES string of the molecule is CC(C(=O)N1CCCC1)n1nc(-c2ccccc2)ccc1=O. The van der Waals surface area contributed by atoms with Crippen LogP contribution in [0, 0.1) is 0 Å². The summed E-state index contributed by atoms with van der Waals surface area (Å²) in [4.78, 5) is 26.4. The number of likely N-dealkylation sites (tertiary alicyclic amines) is 1. The number of hydrogen-bond acceptors (Lipinski definition) is 3. The highest BCUT2D eigenvalue weighted by Crippen LogP contribution is 2.17. The molecule has 114 valence electrons. The normalized spacial score (nSPS) is 15.8. The maximum Gasteiger partial charge on any atom is 0.267 e. The van der Waals surface area contributed by atoms with Crippen LogP contribution in [0.5, 0.6) is 0 Å². The number of hydrogen-bond donors (Lipinski definition) is 0. The van der Waals surface area contributed by atoms with Crippen molar-refractivity contribution < 1.29 is 4.79 Å². The van der Waals surface area contributed by atoms with Gasteiger partial charge in [0, 0.05) is 24.7 Å². The van der Waals surface area contributed by atoms with E-state index in [1.165, 1.54) is 10.7 Å². The third-order valence-corrected chi connectivity index (χ3v) is 4.04. The number of amides is 1. The highest BCUT2D eigenvalue weighted by molar-refractivity contribution is 5.80. The molecule has 1 aromatic heterocycles. The van der Waals surface area contributed by atoms with Gasteiger partial charge in [-0.3, -0.25) is 9.59 Å². The van der Waals surface area contributed by atoms with Crippen LogP contribution in [0.25, 0.3) is 11.3 Å². The first-order chi connectivity index (χ1) is 10.7. The third-order valence-electron chi connectivity index (χ3n) is 4.04. The predicted octanol–water partition coefficient (Wildman–Crippen LogP) is 2.09. The molecule has 1 amide bonds. The second-order valence-corrected chi connectivity index (χ2v) is 5.58. The molecule has 1 aliphatic heterocycles. The van der Waals surface area contributed by atoms with Crippen LogP contribution in [0.2, 0.25) is 0 Å². The molecule has 1 aliphatic rings. The molecular formula is C17H19N3O2. The fraction of sp³-hybridized carbons (Fsp3) is 0.353. The summed E-state index contributed by atoms with van der Waals surface area (Å²) in [5, 5.41) is 4.39. The van der Waals surface area contributed by atoms with Crippen LogP contribution in [0.1, 0.15) is 25.8 Å². The van der Waals surface area contributed by atoms with Crippen LogP contribution in [-0.4, -0.2) is 33.7 Å². The Labute approximate surface area is 129 Å². The molecule has 2 heterocycles. The van der Waals surface area contributed by atoms with Crippen molar-refractivity contribution in [3.63, 3.8) is 0 Å². The molecule has 0 N–H and O–H groups in total. The monoisotopic (exact) mass is 297 g/mol. The first-order valence-corrected chi connectivity index (χ1v) is 7.61. The largest absolute Gasteiger partial charge is 0.341 e. The van der Waals surface area contributed by atoms with Crippen LogP contribution in [-0.2, 0) is 4.79 Å². The molecule has 0 radical (unpaired) electrons. The lowest BCUT2D eigenvalue weighted by Crippen LogP contribution is -2.38. The van der Waals surface area contributed by atoms with Gasteiger partial charge in [0.25, 0.3) is 5.56 Å². The molecule has 0 saturated carbocycles. The zero-order valence-corrected chi connectivity index (χ0v) is 12.6. The highest BCUT2D eigenvalue weighted by Gasteiger charge is 2.25. The molecule has 5 heteroatoms. The molecule has 1 saturated heterocycles. The molecule has 5 nitrogen and oxygen atoms in total. The van der Waals surface area contributed by atoms with E-state index in [9.17, 15) is 9.59 Å². The standard InChI is InChI=1S/C17H19N3O2/c1-13(17(22)19-11-5-6-12-19)20-16(21)10-9-15(18-20)14-7-3-2-4-8-14/h2-4,7-10,13H,5-6,11-12H2,1H3. The summed E-state index contributed by atoms with van der Waals surface area (Å²) in [5.74, 6) is -0.0303. The van der Waals surface area contributed by atoms with E-state index in [4.69, 9.17) is 0 Å². The Morgan fingerprint density at radius 1 is 1.09 bits per heavy atom. The number of aromatic nitrogens is 2. The average Bonchev–Trinajstić information content (AvgIpc) is 3.09. The summed E-state index contributed by atoms with van der Waals surface area (Å²) in [7, 11) is 0. The van der Waals surface area contributed by atoms with E-state index in [1.54, 1.807) is 13.0 Å². The van der Waals surface area contributed by atoms with Crippen LogP contribution in [0.4, 0.5) is 0 Å². The Balaban J connectivity index is 1.92. The lowest BCUT2D eigenvalue weighted by molar-refractivity contribution is -0.133. The van der Waals surface area contributed by atoms with Gasteiger partial charge in [-0.2, -0.15) is 5.10 Å². The highest BCUT2D eigenvalue weighted by atomic mass is 16.2. The number of benzene rings is 1. The quantitative estimate of drug-likeness (QED) is 0.871. The van der Waals surface area contributed by atoms with E-state index in [0.29, 0.717) is 5.69 Å². The van der Waals surface area contributed by atoms with Crippen LogP contribution < -0.4 is 5.56 Å². The van der Waals surface area contributed by atoms with Gasteiger partial charge in [0.1, 0.15) is 6.04 Å². The minimum Gasteiger partial charge on any atom is -0.341 e. The van der Waals surface area contributed by atoms with Gasteiger partial charge in [0.2, 0.25) is 5.91 Å². The molecule has 2 aromatic rings. The van der Waals surface area contributed by atoms with Crippen molar-refractivity contribution in [1.82, 2.24) is 14.7 Å². The summed E-state index contributed by atoms with van der Waals surface area (Å²) in [6.07, 6.45) is 2.07. The number of carbonyl (C=O) groups excluding carboxylic acids is 1. The van der Waals surface area contributed by atoms with Crippen LogP contribution in [0.3, 0.4) is 0 Å². The number of carbonyl (C=O) groups is 1. The molecule has 0 spiro atoms. The fourth-order valence-corrected chi connectivity index (χ4v) is 2.77. The first-order valence-electron chi connectivity index (χ1n) is 7.61. The summed E-state index contributed by atoms with van der Waals surface area (Å²) < 4.78 is 1.29. The van der Waals surface area contributed by atoms with E-state index >= 15 is 0 Å². The molecular weight excluding hydrogens is 278 g/mol. The Morgan fingerprint density at radius 2 is 1.77 bits per heavy atom. The summed E-state index contributed by atoms with van der Waals surface area (Å²) in [6, 6.07) is 12.2. The summed E-state index contributed by atoms with van der Waals surface area (Å²) >= 11 is 0. The fourth-order valence-electron chi connectivity index (χ4n) is 2.77. The third kappa shape index (κ3) is 2.79. The van der Waals surface area contributed by atoms with Crippen molar-refractivity contribution in [3.05, 3.63) is 52.8 Å². The minimum absolute atomic E-state index is 0.0303. The van der Waals surface area contributed by atoms with Crippen molar-refractivity contribution in [2.45, 2.75) is 25.8 Å². The van der Waals surface area contributed by atoms with Crippen LogP contribution >= 0.6 is 0 Å². The molecule has 0 bridgehead atoms.